The Balaban J connectivity index is 1.93. The molecule has 0 spiro atoms. The molecular formula is C55H106N2O15. The van der Waals surface area contributed by atoms with Crippen LogP contribution in [0.25, 0.3) is 0 Å². The first-order valence-electron chi connectivity index (χ1n) is 28.8. The van der Waals surface area contributed by atoms with Gasteiger partial charge in [-0.05, 0) is 18.8 Å². The average molecular weight is 1040 g/mol. The van der Waals surface area contributed by atoms with E-state index in [0.29, 0.717) is 12.8 Å². The van der Waals surface area contributed by atoms with E-state index in [1.165, 1.54) is 128 Å². The molecule has 0 saturated carbocycles. The lowest BCUT2D eigenvalue weighted by Gasteiger charge is -2.47. The molecular weight excluding hydrogens is 929 g/mol. The molecule has 0 radical (unpaired) electrons. The molecule has 15 unspecified atom stereocenters. The van der Waals surface area contributed by atoms with Crippen molar-refractivity contribution in [2.45, 2.75) is 312 Å². The monoisotopic (exact) mass is 1030 g/mol. The number of hydrogen-bond donors (Lipinski definition) is 11. The molecule has 0 aromatic carbocycles. The zero-order valence-corrected chi connectivity index (χ0v) is 45.2. The van der Waals surface area contributed by atoms with Gasteiger partial charge in [0.1, 0.15) is 61.0 Å². The minimum atomic E-state index is -1.86. The lowest BCUT2D eigenvalue weighted by atomic mass is 9.95. The quantitative estimate of drug-likeness (QED) is 0.0308. The Labute approximate surface area is 433 Å². The molecule has 0 aromatic rings. The number of nitrogens with one attached hydrogen (secondary N) is 2. The number of amides is 2. The minimum absolute atomic E-state index is 0.202. The number of rotatable bonds is 44. The van der Waals surface area contributed by atoms with E-state index in [1.54, 1.807) is 0 Å². The van der Waals surface area contributed by atoms with Crippen LogP contribution < -0.4 is 10.6 Å². The zero-order valence-electron chi connectivity index (χ0n) is 45.2. The van der Waals surface area contributed by atoms with Gasteiger partial charge in [0.25, 0.3) is 0 Å². The predicted molar refractivity (Wildman–Crippen MR) is 278 cm³/mol. The Hall–Kier alpha value is -1.58. The summed E-state index contributed by atoms with van der Waals surface area (Å²) in [6.45, 7) is 5.91. The molecule has 0 bridgehead atoms. The van der Waals surface area contributed by atoms with Gasteiger partial charge in [0.15, 0.2) is 12.6 Å². The van der Waals surface area contributed by atoms with Gasteiger partial charge in [-0.3, -0.25) is 9.59 Å². The smallest absolute Gasteiger partial charge is 0.249 e. The van der Waals surface area contributed by atoms with E-state index in [1.807, 2.05) is 0 Å². The van der Waals surface area contributed by atoms with Crippen LogP contribution >= 0.6 is 0 Å². The molecule has 2 saturated heterocycles. The van der Waals surface area contributed by atoms with Crippen molar-refractivity contribution in [3.63, 3.8) is 0 Å². The summed E-state index contributed by atoms with van der Waals surface area (Å²) >= 11 is 0. The fourth-order valence-corrected chi connectivity index (χ4v) is 9.90. The first-order valence-corrected chi connectivity index (χ1v) is 28.8. The molecule has 2 heterocycles. The van der Waals surface area contributed by atoms with Crippen molar-refractivity contribution in [2.75, 3.05) is 19.8 Å². The van der Waals surface area contributed by atoms with Crippen LogP contribution in [-0.2, 0) is 28.5 Å². The highest BCUT2D eigenvalue weighted by atomic mass is 16.7. The first-order chi connectivity index (χ1) is 34.7. The van der Waals surface area contributed by atoms with E-state index in [4.69, 9.17) is 18.9 Å². The van der Waals surface area contributed by atoms with Crippen LogP contribution in [0.4, 0.5) is 0 Å². The van der Waals surface area contributed by atoms with Crippen molar-refractivity contribution >= 4 is 11.8 Å². The van der Waals surface area contributed by atoms with E-state index in [9.17, 15) is 55.5 Å². The second kappa shape index (κ2) is 40.6. The molecule has 72 heavy (non-hydrogen) atoms. The molecule has 0 aromatic heterocycles. The van der Waals surface area contributed by atoms with Gasteiger partial charge >= 0.3 is 0 Å². The highest BCUT2D eigenvalue weighted by Gasteiger charge is 2.51. The van der Waals surface area contributed by atoms with Crippen molar-refractivity contribution in [1.82, 2.24) is 10.6 Å². The van der Waals surface area contributed by atoms with Crippen LogP contribution in [0.15, 0.2) is 0 Å². The molecule has 426 valence electrons. The second-order valence-corrected chi connectivity index (χ2v) is 21.3. The van der Waals surface area contributed by atoms with Crippen LogP contribution in [0.1, 0.15) is 227 Å². The third-order valence-corrected chi connectivity index (χ3v) is 15.0. The SMILES string of the molecule is CCCCCCCCCCCCCCCCCCCC(O)C(=O)NC(COC1OC(CO)C(OC2OC(CO)C(O)C(O)C2NC(C)=O)C(O)C1O)C(O)C(O)CCCCCCCCCCCCC(C)CC. The molecule has 11 N–H and O–H groups in total. The summed E-state index contributed by atoms with van der Waals surface area (Å²) in [5.41, 5.74) is 0. The Morgan fingerprint density at radius 2 is 1.00 bits per heavy atom. The van der Waals surface area contributed by atoms with Gasteiger partial charge in [-0.25, -0.2) is 0 Å². The number of carbonyl (C=O) groups is 2. The molecule has 2 fully saturated rings. The summed E-state index contributed by atoms with van der Waals surface area (Å²) in [7, 11) is 0. The van der Waals surface area contributed by atoms with Gasteiger partial charge in [-0.15, -0.1) is 0 Å². The van der Waals surface area contributed by atoms with Crippen LogP contribution in [0.3, 0.4) is 0 Å². The lowest BCUT2D eigenvalue weighted by Crippen LogP contribution is -2.67. The molecule has 2 aliphatic heterocycles. The van der Waals surface area contributed by atoms with E-state index in [0.717, 1.165) is 57.8 Å². The number of aliphatic hydroxyl groups excluding tert-OH is 9. The summed E-state index contributed by atoms with van der Waals surface area (Å²) in [5, 5.41) is 102. The fraction of sp³-hybridized carbons (Fsp3) is 0.964. The van der Waals surface area contributed by atoms with E-state index in [-0.39, 0.29) is 12.8 Å². The van der Waals surface area contributed by atoms with Crippen LogP contribution in [-0.4, -0.2) is 163 Å². The van der Waals surface area contributed by atoms with Crippen molar-refractivity contribution in [2.24, 2.45) is 5.92 Å². The van der Waals surface area contributed by atoms with Gasteiger partial charge in [-0.1, -0.05) is 207 Å². The molecule has 0 aliphatic carbocycles. The number of aliphatic hydroxyl groups is 9. The Morgan fingerprint density at radius 1 is 0.556 bits per heavy atom. The van der Waals surface area contributed by atoms with Crippen LogP contribution in [0, 0.1) is 5.92 Å². The zero-order chi connectivity index (χ0) is 53.1. The maximum absolute atomic E-state index is 13.4. The Bertz CT molecular complexity index is 1340. The van der Waals surface area contributed by atoms with Crippen LogP contribution in [0.5, 0.6) is 0 Å². The van der Waals surface area contributed by atoms with E-state index >= 15 is 0 Å². The molecule has 17 heteroatoms. The molecule has 15 atom stereocenters. The van der Waals surface area contributed by atoms with Gasteiger partial charge in [0, 0.05) is 6.92 Å². The van der Waals surface area contributed by atoms with Crippen molar-refractivity contribution in [3.8, 4) is 0 Å². The third kappa shape index (κ3) is 27.0. The highest BCUT2D eigenvalue weighted by Crippen LogP contribution is 2.30. The topological polar surface area (TPSA) is 277 Å². The molecule has 17 nitrogen and oxygen atoms in total. The maximum Gasteiger partial charge on any atom is 0.249 e. The average Bonchev–Trinajstić information content (AvgIpc) is 3.37. The molecule has 2 rings (SSSR count). The minimum Gasteiger partial charge on any atom is -0.394 e. The Kier molecular flexibility index (Phi) is 37.6. The summed E-state index contributed by atoms with van der Waals surface area (Å²) in [5.74, 6) is -0.576. The molecule has 2 amide bonds. The van der Waals surface area contributed by atoms with Crippen LogP contribution in [0.2, 0.25) is 0 Å². The number of ether oxygens (including phenoxy) is 4. The third-order valence-electron chi connectivity index (χ3n) is 15.0. The number of hydrogen-bond acceptors (Lipinski definition) is 15. The van der Waals surface area contributed by atoms with E-state index in [2.05, 4.69) is 31.4 Å². The Morgan fingerprint density at radius 3 is 1.46 bits per heavy atom. The fourth-order valence-electron chi connectivity index (χ4n) is 9.90. The maximum atomic E-state index is 13.4. The summed E-state index contributed by atoms with van der Waals surface area (Å²) in [6.07, 6.45) is 15.9. The predicted octanol–water partition coefficient (Wildman–Crippen LogP) is 6.11. The summed E-state index contributed by atoms with van der Waals surface area (Å²) in [4.78, 5) is 25.4. The van der Waals surface area contributed by atoms with Crippen molar-refractivity contribution in [1.29, 1.82) is 0 Å². The van der Waals surface area contributed by atoms with E-state index < -0.39 is 117 Å². The van der Waals surface area contributed by atoms with Crippen molar-refractivity contribution in [3.05, 3.63) is 0 Å². The normalized spacial score (nSPS) is 26.7. The van der Waals surface area contributed by atoms with Gasteiger partial charge in [0.05, 0.1) is 32.0 Å². The second-order valence-electron chi connectivity index (χ2n) is 21.3. The largest absolute Gasteiger partial charge is 0.394 e. The highest BCUT2D eigenvalue weighted by molar-refractivity contribution is 5.80. The van der Waals surface area contributed by atoms with Gasteiger partial charge in [0.2, 0.25) is 11.8 Å². The first kappa shape index (κ1) is 66.5. The van der Waals surface area contributed by atoms with Gasteiger partial charge in [-0.2, -0.15) is 0 Å². The summed E-state index contributed by atoms with van der Waals surface area (Å²) in [6, 6.07) is -2.67. The standard InChI is InChI=1S/C55H106N2O15/c1-5-7-8-9-10-11-12-13-14-15-16-17-18-23-26-29-32-35-43(62)53(68)57-41(47(63)42(61)34-31-28-25-22-20-19-21-24-27-30-33-39(3)6-2)38-69-55-51(67)50(66)52(45(37-59)71-55)72-54-46(56-40(4)60)49(65)48(64)44(36-58)70-54/h39,41-52,54-55,58-59,61-67H,5-38H2,1-4H3,(H,56,60)(H,57,68). The lowest BCUT2D eigenvalue weighted by molar-refractivity contribution is -0.347. The number of carbonyl (C=O) groups excluding carboxylic acids is 2. The van der Waals surface area contributed by atoms with Gasteiger partial charge < -0.3 is 75.5 Å². The molecule has 2 aliphatic rings. The number of unbranched alkanes of at least 4 members (excludes halogenated alkanes) is 25. The summed E-state index contributed by atoms with van der Waals surface area (Å²) < 4.78 is 23.2. The van der Waals surface area contributed by atoms with Crippen molar-refractivity contribution < 1.29 is 74.5 Å².